The van der Waals surface area contributed by atoms with Crippen molar-refractivity contribution in [2.75, 3.05) is 0 Å². The van der Waals surface area contributed by atoms with Crippen molar-refractivity contribution in [1.29, 1.82) is 0 Å². The Hall–Kier alpha value is 4.22. The number of halogens is 2. The quantitative estimate of drug-likeness (QED) is 0.242. The second kappa shape index (κ2) is 10.2. The molecule has 0 aliphatic carbocycles. The fourth-order valence-electron chi connectivity index (χ4n) is 0.779. The summed E-state index contributed by atoms with van der Waals surface area (Å²) in [7, 11) is 0. The van der Waals surface area contributed by atoms with Crippen LogP contribution in [0.5, 0.6) is 0 Å². The largest absolute Gasteiger partial charge is 1.00 e. The van der Waals surface area contributed by atoms with Crippen LogP contribution in [0.4, 0.5) is 0 Å². The van der Waals surface area contributed by atoms with Crippen LogP contribution in [0.15, 0.2) is 15.1 Å². The SMILES string of the molecule is [CH]1=[CH][BiH][C]([Zr+2][C]2=[Bi][CH]=[CH][BiH]2)=[Bi]1.[Cl-].[Cl-]. The summed E-state index contributed by atoms with van der Waals surface area (Å²) in [6.07, 6.45) is 0. The molecular weight excluding hydrogens is 1070 g/mol. The molecule has 0 aromatic carbocycles. The zero-order chi connectivity index (χ0) is 7.52. The first-order chi connectivity index (χ1) is 5.45. The van der Waals surface area contributed by atoms with Crippen molar-refractivity contribution in [3.8, 4) is 0 Å². The molecule has 2 rings (SSSR count). The predicted molar refractivity (Wildman–Crippen MR) is 54.1 cm³/mol. The van der Waals surface area contributed by atoms with Crippen LogP contribution in [0.3, 0.4) is 0 Å². The molecule has 0 N–H and O–H groups in total. The van der Waals surface area contributed by atoms with E-state index in [0.29, 0.717) is 0 Å². The molecular formula is C6H6Bi4Cl2Zr. The molecule has 2 aliphatic rings. The van der Waals surface area contributed by atoms with E-state index in [0.717, 1.165) is 0 Å². The van der Waals surface area contributed by atoms with Crippen molar-refractivity contribution < 1.29 is 48.0 Å². The Bertz CT molecular complexity index is 256. The van der Waals surface area contributed by atoms with Crippen LogP contribution >= 0.6 is 0 Å². The maximum absolute atomic E-state index is 2.65. The van der Waals surface area contributed by atoms with Crippen molar-refractivity contribution in [2.45, 2.75) is 0 Å². The molecule has 0 aromatic rings. The second-order valence-corrected chi connectivity index (χ2v) is 52.9. The van der Waals surface area contributed by atoms with Crippen LogP contribution in [0.25, 0.3) is 0 Å². The Morgan fingerprint density at radius 2 is 1.38 bits per heavy atom. The molecule has 2 heterocycles. The van der Waals surface area contributed by atoms with Gasteiger partial charge in [0.05, 0.1) is 0 Å². The second-order valence-electron chi connectivity index (χ2n) is 2.00. The van der Waals surface area contributed by atoms with Gasteiger partial charge in [-0.05, 0) is 0 Å². The van der Waals surface area contributed by atoms with E-state index in [1.54, 1.807) is 0 Å². The average Bonchev–Trinajstić information content (AvgIpc) is 2.60. The van der Waals surface area contributed by atoms with Gasteiger partial charge in [-0.2, -0.15) is 0 Å². The van der Waals surface area contributed by atoms with Crippen molar-refractivity contribution in [3.05, 3.63) is 15.1 Å². The molecule has 13 heavy (non-hydrogen) atoms. The van der Waals surface area contributed by atoms with E-state index < -0.39 is 0 Å². The van der Waals surface area contributed by atoms with E-state index in [2.05, 4.69) is 12.4 Å². The molecule has 68 valence electrons. The summed E-state index contributed by atoms with van der Waals surface area (Å²) in [5, 5.41) is 0. The molecule has 2 aliphatic heterocycles. The van der Waals surface area contributed by atoms with E-state index in [1.165, 1.54) is 0 Å². The Kier molecular flexibility index (Phi) is 13.5. The Morgan fingerprint density at radius 3 is 1.69 bits per heavy atom. The van der Waals surface area contributed by atoms with Crippen LogP contribution in [0.1, 0.15) is 0 Å². The summed E-state index contributed by atoms with van der Waals surface area (Å²) in [5.41, 5.74) is 0. The van der Waals surface area contributed by atoms with Crippen LogP contribution in [0, 0.1) is 0 Å². The zero-order valence-corrected chi connectivity index (χ0v) is 25.2. The third kappa shape index (κ3) is 6.64. The fraction of sp³-hybridized carbons (Fsp3) is 0. The number of hydrogen-bond acceptors (Lipinski definition) is 0. The van der Waals surface area contributed by atoms with Gasteiger partial charge in [0.2, 0.25) is 0 Å². The van der Waals surface area contributed by atoms with Gasteiger partial charge in [0.15, 0.2) is 0 Å². The Labute approximate surface area is 148 Å². The van der Waals surface area contributed by atoms with Gasteiger partial charge in [-0.25, -0.2) is 0 Å². The van der Waals surface area contributed by atoms with Crippen molar-refractivity contribution in [1.82, 2.24) is 0 Å². The first-order valence-corrected chi connectivity index (χ1v) is 21.5. The molecule has 0 amide bonds. The molecule has 0 spiro atoms. The van der Waals surface area contributed by atoms with Crippen LogP contribution in [-0.2, 0) is 23.2 Å². The molecule has 0 fully saturated rings. The molecule has 0 aromatic heterocycles. The fourth-order valence-corrected chi connectivity index (χ4v) is 95.1. The van der Waals surface area contributed by atoms with E-state index in [9.17, 15) is 0 Å². The average molecular weight is 1080 g/mol. The summed E-state index contributed by atoms with van der Waals surface area (Å²) in [6.45, 7) is 0. The summed E-state index contributed by atoms with van der Waals surface area (Å²) < 4.78 is 15.3. The van der Waals surface area contributed by atoms with Gasteiger partial charge >= 0.3 is 128 Å². The molecule has 0 radical (unpaired) electrons. The monoisotopic (exact) mass is 1070 g/mol. The molecule has 7 heteroatoms. The molecule has 0 bridgehead atoms. The zero-order valence-electron chi connectivity index (χ0n) is 6.46. The van der Waals surface area contributed by atoms with Crippen molar-refractivity contribution in [2.24, 2.45) is 0 Å². The van der Waals surface area contributed by atoms with E-state index in [1.807, 2.05) is 0 Å². The minimum absolute atomic E-state index is 0. The van der Waals surface area contributed by atoms with Crippen LogP contribution < -0.4 is 24.8 Å². The number of hydrogen-bond donors (Lipinski definition) is 0. The third-order valence-electron chi connectivity index (χ3n) is 1.23. The predicted octanol–water partition coefficient (Wildman–Crippen LogP) is -7.50. The van der Waals surface area contributed by atoms with Gasteiger partial charge in [-0.1, -0.05) is 0 Å². The normalized spacial score (nSPS) is 16.9. The Morgan fingerprint density at radius 1 is 0.923 bits per heavy atom. The van der Waals surface area contributed by atoms with Crippen molar-refractivity contribution >= 4 is 89.2 Å². The van der Waals surface area contributed by atoms with Gasteiger partial charge in [0.1, 0.15) is 0 Å². The third-order valence-corrected chi connectivity index (χ3v) is 60.6. The van der Waals surface area contributed by atoms with Crippen LogP contribution in [0.2, 0.25) is 0 Å². The van der Waals surface area contributed by atoms with Gasteiger partial charge in [-0.3, -0.25) is 0 Å². The molecule has 0 unspecified atom stereocenters. The first kappa shape index (κ1) is 17.2. The van der Waals surface area contributed by atoms with Crippen LogP contribution in [-0.4, -0.2) is 89.2 Å². The summed E-state index contributed by atoms with van der Waals surface area (Å²) in [6, 6.07) is 0. The molecule has 0 atom stereocenters. The summed E-state index contributed by atoms with van der Waals surface area (Å²) in [5.74, 6) is 0. The van der Waals surface area contributed by atoms with E-state index in [-0.39, 0.29) is 140 Å². The maximum atomic E-state index is 2.65. The standard InChI is InChI=1S/2C2H2.2C.4Bi.2ClH.Zr.2H/c2*1-2;;;;;;;;;;;/h2*1-2H;;;;;;;2*1H;;;/q;;;;;;;;;;+2;;/p-2. The smallest absolute Gasteiger partial charge is 1.00 e. The van der Waals surface area contributed by atoms with Gasteiger partial charge in [0.25, 0.3) is 0 Å². The minimum Gasteiger partial charge on any atom is -1.00 e. The number of rotatable bonds is 2. The minimum atomic E-state index is -0.125. The summed E-state index contributed by atoms with van der Waals surface area (Å²) in [4.78, 5) is 0. The van der Waals surface area contributed by atoms with Gasteiger partial charge < -0.3 is 24.8 Å². The molecule has 0 saturated heterocycles. The molecule has 0 saturated carbocycles. The van der Waals surface area contributed by atoms with Gasteiger partial charge in [0, 0.05) is 0 Å². The van der Waals surface area contributed by atoms with Gasteiger partial charge in [-0.15, -0.1) is 0 Å². The first-order valence-electron chi connectivity index (χ1n) is 3.21. The van der Waals surface area contributed by atoms with Crippen molar-refractivity contribution in [3.63, 3.8) is 0 Å². The van der Waals surface area contributed by atoms with E-state index >= 15 is 0 Å². The maximum Gasteiger partial charge on any atom is -1.00 e. The summed E-state index contributed by atoms with van der Waals surface area (Å²) >= 11 is -0.128. The molecule has 0 nitrogen and oxygen atoms in total. The van der Waals surface area contributed by atoms with E-state index in [4.69, 9.17) is 0 Å². The Balaban J connectivity index is 0.000000720. The topological polar surface area (TPSA) is 0 Å².